The van der Waals surface area contributed by atoms with E-state index in [1.165, 1.54) is 17.3 Å². The summed E-state index contributed by atoms with van der Waals surface area (Å²) in [7, 11) is 1.96. The Hall–Kier alpha value is -2.24. The van der Waals surface area contributed by atoms with E-state index in [1.807, 2.05) is 23.9 Å². The highest BCUT2D eigenvalue weighted by Gasteiger charge is 2.11. The molecule has 1 aromatic heterocycles. The molecule has 0 atom stereocenters. The number of nitrogens with zero attached hydrogens (tertiary/aromatic N) is 2. The molecule has 0 aliphatic heterocycles. The van der Waals surface area contributed by atoms with Crippen LogP contribution in [-0.4, -0.2) is 21.2 Å². The van der Waals surface area contributed by atoms with E-state index in [1.54, 1.807) is 18.2 Å². The molecule has 128 valence electrons. The van der Waals surface area contributed by atoms with Crippen LogP contribution in [0.4, 0.5) is 5.69 Å². The van der Waals surface area contributed by atoms with Crippen molar-refractivity contribution in [3.63, 3.8) is 0 Å². The molecular weight excluding hydrogens is 354 g/mol. The van der Waals surface area contributed by atoms with Gasteiger partial charge in [-0.2, -0.15) is 0 Å². The van der Waals surface area contributed by atoms with Gasteiger partial charge in [0.05, 0.1) is 17.6 Å². The molecule has 6 heteroatoms. The molecule has 3 aromatic rings. The number of anilines is 1. The smallest absolute Gasteiger partial charge is 0.234 e. The van der Waals surface area contributed by atoms with Crippen LogP contribution in [0.2, 0.25) is 5.02 Å². The highest BCUT2D eigenvalue weighted by Crippen LogP contribution is 2.25. The predicted octanol–water partition coefficient (Wildman–Crippen LogP) is 4.78. The second-order valence-electron chi connectivity index (χ2n) is 5.70. The maximum atomic E-state index is 12.1. The third-order valence-corrected chi connectivity index (χ3v) is 5.01. The first-order valence-corrected chi connectivity index (χ1v) is 9.16. The minimum atomic E-state index is -0.0906. The van der Waals surface area contributed by atoms with Gasteiger partial charge >= 0.3 is 0 Å². The molecule has 1 N–H and O–H groups in total. The molecule has 0 aliphatic rings. The molecule has 0 unspecified atom stereocenters. The number of benzene rings is 2. The van der Waals surface area contributed by atoms with Crippen molar-refractivity contribution in [3.05, 3.63) is 65.3 Å². The third kappa shape index (κ3) is 4.44. The molecule has 0 aliphatic carbocycles. The number of aromatic nitrogens is 2. The van der Waals surface area contributed by atoms with Gasteiger partial charge in [-0.15, -0.1) is 0 Å². The summed E-state index contributed by atoms with van der Waals surface area (Å²) in [4.78, 5) is 16.5. The van der Waals surface area contributed by atoms with Crippen LogP contribution in [0, 0.1) is 6.92 Å². The fourth-order valence-corrected chi connectivity index (χ4v) is 3.35. The minimum Gasteiger partial charge on any atom is -0.325 e. The highest BCUT2D eigenvalue weighted by atomic mass is 35.5. The van der Waals surface area contributed by atoms with Gasteiger partial charge < -0.3 is 9.88 Å². The van der Waals surface area contributed by atoms with Gasteiger partial charge in [0.25, 0.3) is 0 Å². The van der Waals surface area contributed by atoms with Gasteiger partial charge in [-0.25, -0.2) is 4.98 Å². The normalized spacial score (nSPS) is 10.7. The zero-order chi connectivity index (χ0) is 17.8. The topological polar surface area (TPSA) is 46.9 Å². The predicted molar refractivity (Wildman–Crippen MR) is 104 cm³/mol. The monoisotopic (exact) mass is 371 g/mol. The Morgan fingerprint density at radius 2 is 2.00 bits per heavy atom. The van der Waals surface area contributed by atoms with E-state index in [0.717, 1.165) is 16.4 Å². The van der Waals surface area contributed by atoms with Crippen LogP contribution in [0.15, 0.2) is 59.9 Å². The van der Waals surface area contributed by atoms with Crippen molar-refractivity contribution >= 4 is 35.0 Å². The van der Waals surface area contributed by atoms with E-state index < -0.39 is 0 Å². The van der Waals surface area contributed by atoms with Gasteiger partial charge in [-0.05, 0) is 30.7 Å². The average Bonchev–Trinajstić information content (AvgIpc) is 2.94. The Morgan fingerprint density at radius 3 is 2.72 bits per heavy atom. The summed E-state index contributed by atoms with van der Waals surface area (Å²) in [6.07, 6.45) is 1.84. The number of carbonyl (C=O) groups is 1. The van der Waals surface area contributed by atoms with Gasteiger partial charge in [0, 0.05) is 17.8 Å². The number of hydrogen-bond acceptors (Lipinski definition) is 3. The summed E-state index contributed by atoms with van der Waals surface area (Å²) < 4.78 is 2.00. The third-order valence-electron chi connectivity index (χ3n) is 3.73. The summed E-state index contributed by atoms with van der Waals surface area (Å²) in [6.45, 7) is 2.06. The first-order chi connectivity index (χ1) is 12.0. The van der Waals surface area contributed by atoms with E-state index in [0.29, 0.717) is 10.7 Å². The quantitative estimate of drug-likeness (QED) is 0.656. The molecule has 1 heterocycles. The number of amides is 1. The molecule has 2 aromatic carbocycles. The summed E-state index contributed by atoms with van der Waals surface area (Å²) >= 11 is 7.33. The summed E-state index contributed by atoms with van der Waals surface area (Å²) in [5.74, 6) is 0.192. The van der Waals surface area contributed by atoms with E-state index in [9.17, 15) is 4.79 Å². The molecule has 0 saturated carbocycles. The Morgan fingerprint density at radius 1 is 1.24 bits per heavy atom. The van der Waals surface area contributed by atoms with Gasteiger partial charge in [0.2, 0.25) is 5.91 Å². The molecule has 0 fully saturated rings. The van der Waals surface area contributed by atoms with Crippen molar-refractivity contribution in [2.24, 2.45) is 7.05 Å². The minimum absolute atomic E-state index is 0.0906. The fourth-order valence-electron chi connectivity index (χ4n) is 2.41. The molecule has 0 bridgehead atoms. The van der Waals surface area contributed by atoms with Crippen LogP contribution >= 0.6 is 23.4 Å². The van der Waals surface area contributed by atoms with Crippen molar-refractivity contribution < 1.29 is 4.79 Å². The second-order valence-corrected chi connectivity index (χ2v) is 7.08. The lowest BCUT2D eigenvalue weighted by Gasteiger charge is -2.07. The number of aryl methyl sites for hydroxylation is 1. The number of thioether (sulfide) groups is 1. The van der Waals surface area contributed by atoms with Gasteiger partial charge in [-0.3, -0.25) is 4.79 Å². The van der Waals surface area contributed by atoms with Crippen LogP contribution in [0.5, 0.6) is 0 Å². The Kier molecular flexibility index (Phi) is 5.46. The standard InChI is InChI=1S/C19H18ClN3OS/c1-13-6-8-14(9-7-13)17-11-21-19(23(17)2)25-12-18(24)22-16-5-3-4-15(20)10-16/h3-11H,12H2,1-2H3,(H,22,24). The molecule has 0 radical (unpaired) electrons. The van der Waals surface area contributed by atoms with E-state index in [4.69, 9.17) is 11.6 Å². The first kappa shape index (κ1) is 17.6. The number of hydrogen-bond donors (Lipinski definition) is 1. The molecule has 4 nitrogen and oxygen atoms in total. The van der Waals surface area contributed by atoms with Crippen molar-refractivity contribution in [1.82, 2.24) is 9.55 Å². The molecule has 1 amide bonds. The van der Waals surface area contributed by atoms with Crippen LogP contribution in [-0.2, 0) is 11.8 Å². The van der Waals surface area contributed by atoms with Crippen molar-refractivity contribution in [2.75, 3.05) is 11.1 Å². The Bertz CT molecular complexity index is 890. The summed E-state index contributed by atoms with van der Waals surface area (Å²) in [6, 6.07) is 15.4. The van der Waals surface area contributed by atoms with Crippen LogP contribution in [0.25, 0.3) is 11.3 Å². The van der Waals surface area contributed by atoms with Crippen LogP contribution in [0.3, 0.4) is 0 Å². The maximum Gasteiger partial charge on any atom is 0.234 e. The van der Waals surface area contributed by atoms with E-state index in [2.05, 4.69) is 41.5 Å². The lowest BCUT2D eigenvalue weighted by atomic mass is 10.1. The van der Waals surface area contributed by atoms with Crippen molar-refractivity contribution in [3.8, 4) is 11.3 Å². The second kappa shape index (κ2) is 7.76. The molecule has 0 saturated heterocycles. The van der Waals surface area contributed by atoms with Crippen LogP contribution in [0.1, 0.15) is 5.56 Å². The molecule has 0 spiro atoms. The highest BCUT2D eigenvalue weighted by molar-refractivity contribution is 7.99. The van der Waals surface area contributed by atoms with Crippen molar-refractivity contribution in [1.29, 1.82) is 0 Å². The van der Waals surface area contributed by atoms with Gasteiger partial charge in [0.15, 0.2) is 5.16 Å². The summed E-state index contributed by atoms with van der Waals surface area (Å²) in [5, 5.41) is 4.23. The maximum absolute atomic E-state index is 12.1. The zero-order valence-corrected chi connectivity index (χ0v) is 15.6. The fraction of sp³-hybridized carbons (Fsp3) is 0.158. The number of carbonyl (C=O) groups excluding carboxylic acids is 1. The number of imidazole rings is 1. The van der Waals surface area contributed by atoms with Gasteiger partial charge in [0.1, 0.15) is 0 Å². The lowest BCUT2D eigenvalue weighted by molar-refractivity contribution is -0.113. The zero-order valence-electron chi connectivity index (χ0n) is 14.0. The Balaban J connectivity index is 1.64. The first-order valence-electron chi connectivity index (χ1n) is 7.80. The molecular formula is C19H18ClN3OS. The number of nitrogens with one attached hydrogen (secondary N) is 1. The van der Waals surface area contributed by atoms with E-state index in [-0.39, 0.29) is 11.7 Å². The van der Waals surface area contributed by atoms with Crippen molar-refractivity contribution in [2.45, 2.75) is 12.1 Å². The number of rotatable bonds is 5. The molecule has 3 rings (SSSR count). The SMILES string of the molecule is Cc1ccc(-c2cnc(SCC(=O)Nc3cccc(Cl)c3)n2C)cc1. The summed E-state index contributed by atoms with van der Waals surface area (Å²) in [5.41, 5.74) is 4.05. The lowest BCUT2D eigenvalue weighted by Crippen LogP contribution is -2.14. The largest absolute Gasteiger partial charge is 0.325 e. The van der Waals surface area contributed by atoms with E-state index >= 15 is 0 Å². The number of halogens is 1. The Labute approximate surface area is 156 Å². The van der Waals surface area contributed by atoms with Gasteiger partial charge in [-0.1, -0.05) is 59.3 Å². The molecule has 25 heavy (non-hydrogen) atoms. The van der Waals surface area contributed by atoms with Crippen LogP contribution < -0.4 is 5.32 Å². The average molecular weight is 372 g/mol.